The summed E-state index contributed by atoms with van der Waals surface area (Å²) in [5, 5.41) is 0. The van der Waals surface area contributed by atoms with E-state index in [2.05, 4.69) is 11.6 Å². The van der Waals surface area contributed by atoms with Crippen LogP contribution in [0.15, 0.2) is 23.1 Å². The lowest BCUT2D eigenvalue weighted by atomic mass is 10.00. The van der Waals surface area contributed by atoms with Gasteiger partial charge in [-0.25, -0.2) is 13.1 Å². The number of rotatable bonds is 0. The molecule has 1 aromatic carbocycles. The predicted octanol–water partition coefficient (Wildman–Crippen LogP) is 1.47. The molecule has 0 fully saturated rings. The smallest absolute Gasteiger partial charge is 0.211 e. The third-order valence-electron chi connectivity index (χ3n) is 2.70. The molecule has 0 spiro atoms. The van der Waals surface area contributed by atoms with Crippen LogP contribution in [-0.2, 0) is 16.4 Å². The lowest BCUT2D eigenvalue weighted by Crippen LogP contribution is -2.26. The Balaban J connectivity index is 2.61. The molecule has 0 unspecified atom stereocenters. The fourth-order valence-electron chi connectivity index (χ4n) is 1.91. The fourth-order valence-corrected chi connectivity index (χ4v) is 3.30. The topological polar surface area (TPSA) is 46.2 Å². The highest BCUT2D eigenvalue weighted by Gasteiger charge is 2.23. The maximum Gasteiger partial charge on any atom is 0.240 e. The predicted molar refractivity (Wildman–Crippen MR) is 59.2 cm³/mol. The molecule has 1 N–H and O–H groups in total. The van der Waals surface area contributed by atoms with Crippen molar-refractivity contribution < 1.29 is 8.42 Å². The first-order valence-electron chi connectivity index (χ1n) is 5.08. The number of sulfonamides is 1. The van der Waals surface area contributed by atoms with Crippen molar-refractivity contribution in [2.24, 2.45) is 5.92 Å². The normalized spacial score (nSPS) is 24.3. The van der Waals surface area contributed by atoms with Crippen LogP contribution in [0.3, 0.4) is 0 Å². The quantitative estimate of drug-likeness (QED) is 0.726. The van der Waals surface area contributed by atoms with Gasteiger partial charge in [-0.3, -0.25) is 0 Å². The first-order valence-corrected chi connectivity index (χ1v) is 6.56. The largest absolute Gasteiger partial charge is 0.240 e. The van der Waals surface area contributed by atoms with Crippen LogP contribution >= 0.6 is 0 Å². The molecule has 0 radical (unpaired) electrons. The summed E-state index contributed by atoms with van der Waals surface area (Å²) in [6.07, 6.45) is 0.823. The Kier molecular flexibility index (Phi) is 2.56. The maximum atomic E-state index is 11.8. The summed E-state index contributed by atoms with van der Waals surface area (Å²) >= 11 is 0. The van der Waals surface area contributed by atoms with Gasteiger partial charge in [-0.05, 0) is 30.9 Å². The van der Waals surface area contributed by atoms with Crippen LogP contribution in [0, 0.1) is 12.8 Å². The van der Waals surface area contributed by atoms with Gasteiger partial charge < -0.3 is 0 Å². The second kappa shape index (κ2) is 3.61. The Bertz CT molecular complexity index is 479. The minimum atomic E-state index is -3.28. The molecule has 4 heteroatoms. The van der Waals surface area contributed by atoms with E-state index in [0.717, 1.165) is 17.5 Å². The van der Waals surface area contributed by atoms with Crippen LogP contribution in [0.5, 0.6) is 0 Å². The molecule has 2 rings (SSSR count). The minimum absolute atomic E-state index is 0.350. The molecule has 0 aromatic heterocycles. The van der Waals surface area contributed by atoms with Crippen LogP contribution in [-0.4, -0.2) is 15.0 Å². The number of hydrogen-bond donors (Lipinski definition) is 1. The van der Waals surface area contributed by atoms with E-state index >= 15 is 0 Å². The van der Waals surface area contributed by atoms with Gasteiger partial charge in [0.05, 0.1) is 4.90 Å². The van der Waals surface area contributed by atoms with Crippen LogP contribution in [0.1, 0.15) is 18.1 Å². The number of aryl methyl sites for hydroxylation is 1. The monoisotopic (exact) mass is 225 g/mol. The second-order valence-electron chi connectivity index (χ2n) is 4.27. The molecular formula is C11H15NO2S. The summed E-state index contributed by atoms with van der Waals surface area (Å²) in [4.78, 5) is 0.442. The lowest BCUT2D eigenvalue weighted by Gasteiger charge is -2.07. The van der Waals surface area contributed by atoms with Crippen molar-refractivity contribution in [3.8, 4) is 0 Å². The zero-order valence-corrected chi connectivity index (χ0v) is 9.76. The van der Waals surface area contributed by atoms with Crippen LogP contribution in [0.25, 0.3) is 0 Å². The van der Waals surface area contributed by atoms with Crippen molar-refractivity contribution in [2.45, 2.75) is 25.2 Å². The zero-order valence-electron chi connectivity index (χ0n) is 8.95. The molecule has 0 aliphatic carbocycles. The molecule has 0 amide bonds. The number of fused-ring (bicyclic) bond motifs is 1. The zero-order chi connectivity index (χ0) is 11.1. The summed E-state index contributed by atoms with van der Waals surface area (Å²) in [5.41, 5.74) is 2.05. The van der Waals surface area contributed by atoms with Crippen molar-refractivity contribution >= 4 is 10.0 Å². The van der Waals surface area contributed by atoms with Crippen LogP contribution < -0.4 is 4.72 Å². The highest BCUT2D eigenvalue weighted by molar-refractivity contribution is 7.89. The summed E-state index contributed by atoms with van der Waals surface area (Å²) in [6, 6.07) is 5.51. The Hall–Kier alpha value is -0.870. The Morgan fingerprint density at radius 3 is 2.87 bits per heavy atom. The molecule has 1 aliphatic heterocycles. The van der Waals surface area contributed by atoms with Crippen molar-refractivity contribution in [1.29, 1.82) is 0 Å². The van der Waals surface area contributed by atoms with Gasteiger partial charge in [-0.1, -0.05) is 24.6 Å². The molecule has 0 bridgehead atoms. The van der Waals surface area contributed by atoms with E-state index in [9.17, 15) is 8.42 Å². The van der Waals surface area contributed by atoms with E-state index in [4.69, 9.17) is 0 Å². The van der Waals surface area contributed by atoms with Crippen molar-refractivity contribution in [2.75, 3.05) is 6.54 Å². The molecule has 0 saturated heterocycles. The summed E-state index contributed by atoms with van der Waals surface area (Å²) in [6.45, 7) is 4.56. The van der Waals surface area contributed by atoms with Gasteiger partial charge in [0.15, 0.2) is 0 Å². The van der Waals surface area contributed by atoms with E-state index < -0.39 is 10.0 Å². The SMILES string of the molecule is Cc1ccc2c(c1)C[C@@H](C)CNS2(=O)=O. The highest BCUT2D eigenvalue weighted by Crippen LogP contribution is 2.23. The Morgan fingerprint density at radius 1 is 1.40 bits per heavy atom. The maximum absolute atomic E-state index is 11.8. The summed E-state index contributed by atoms with van der Waals surface area (Å²) in [5.74, 6) is 0.350. The Morgan fingerprint density at radius 2 is 2.13 bits per heavy atom. The van der Waals surface area contributed by atoms with E-state index in [1.165, 1.54) is 0 Å². The molecule has 0 saturated carbocycles. The molecule has 1 heterocycles. The molecule has 3 nitrogen and oxygen atoms in total. The molecular weight excluding hydrogens is 210 g/mol. The highest BCUT2D eigenvalue weighted by atomic mass is 32.2. The van der Waals surface area contributed by atoms with Gasteiger partial charge in [0.2, 0.25) is 10.0 Å². The average Bonchev–Trinajstić information content (AvgIpc) is 2.24. The number of nitrogens with one attached hydrogen (secondary N) is 1. The Labute approximate surface area is 90.6 Å². The first-order chi connectivity index (χ1) is 6.99. The van der Waals surface area contributed by atoms with Gasteiger partial charge in [0.1, 0.15) is 0 Å². The van der Waals surface area contributed by atoms with Gasteiger partial charge >= 0.3 is 0 Å². The lowest BCUT2D eigenvalue weighted by molar-refractivity contribution is 0.552. The number of benzene rings is 1. The second-order valence-corrected chi connectivity index (χ2v) is 6.01. The van der Waals surface area contributed by atoms with Gasteiger partial charge in [0.25, 0.3) is 0 Å². The van der Waals surface area contributed by atoms with Gasteiger partial charge in [-0.15, -0.1) is 0 Å². The third-order valence-corrected chi connectivity index (χ3v) is 4.22. The van der Waals surface area contributed by atoms with Crippen molar-refractivity contribution in [3.05, 3.63) is 29.3 Å². The molecule has 1 aliphatic rings. The molecule has 15 heavy (non-hydrogen) atoms. The van der Waals surface area contributed by atoms with Crippen molar-refractivity contribution in [1.82, 2.24) is 4.72 Å². The number of hydrogen-bond acceptors (Lipinski definition) is 2. The molecule has 1 atom stereocenters. The van der Waals surface area contributed by atoms with Crippen LogP contribution in [0.2, 0.25) is 0 Å². The van der Waals surface area contributed by atoms with Crippen molar-refractivity contribution in [3.63, 3.8) is 0 Å². The molecule has 82 valence electrons. The standard InChI is InChI=1S/C11H15NO2S/c1-8-3-4-11-10(5-8)6-9(2)7-12-15(11,13)14/h3-5,9,12H,6-7H2,1-2H3/t9-/m1/s1. The van der Waals surface area contributed by atoms with E-state index in [1.54, 1.807) is 6.07 Å². The minimum Gasteiger partial charge on any atom is -0.211 e. The summed E-state index contributed by atoms with van der Waals surface area (Å²) in [7, 11) is -3.28. The van der Waals surface area contributed by atoms with Gasteiger partial charge in [-0.2, -0.15) is 0 Å². The van der Waals surface area contributed by atoms with Gasteiger partial charge in [0, 0.05) is 6.54 Å². The third kappa shape index (κ3) is 2.06. The van der Waals surface area contributed by atoms with Crippen LogP contribution in [0.4, 0.5) is 0 Å². The van der Waals surface area contributed by atoms with E-state index in [0.29, 0.717) is 17.4 Å². The summed E-state index contributed by atoms with van der Waals surface area (Å²) < 4.78 is 26.3. The van der Waals surface area contributed by atoms with E-state index in [1.807, 2.05) is 19.1 Å². The van der Waals surface area contributed by atoms with E-state index in [-0.39, 0.29) is 0 Å². The fraction of sp³-hybridized carbons (Fsp3) is 0.455. The first kappa shape index (κ1) is 10.6. The molecule has 1 aromatic rings. The average molecular weight is 225 g/mol.